The molecule has 0 spiro atoms. The van der Waals surface area contributed by atoms with Crippen molar-refractivity contribution in [2.24, 2.45) is 5.92 Å². The van der Waals surface area contributed by atoms with Crippen LogP contribution in [0.15, 0.2) is 5.38 Å². The Labute approximate surface area is 137 Å². The monoisotopic (exact) mass is 328 g/mol. The number of hydrogen-bond donors (Lipinski definition) is 2. The number of nitrogens with one attached hydrogen (secondary N) is 2. The summed E-state index contributed by atoms with van der Waals surface area (Å²) in [6, 6.07) is 0. The predicted octanol–water partition coefficient (Wildman–Crippen LogP) is 2.96. The normalized spacial score (nSPS) is 14.7. The molecule has 126 valence electrons. The molecule has 6 nitrogen and oxygen atoms in total. The maximum absolute atomic E-state index is 11.8. The molecule has 1 aromatic heterocycles. The van der Waals surface area contributed by atoms with Crippen LogP contribution >= 0.6 is 11.5 Å². The lowest BCUT2D eigenvalue weighted by Crippen LogP contribution is -2.52. The largest absolute Gasteiger partial charge is 0.444 e. The van der Waals surface area contributed by atoms with E-state index in [1.54, 1.807) is 0 Å². The molecule has 1 heterocycles. The average Bonchev–Trinajstić information content (AvgIpc) is 2.84. The molecule has 22 heavy (non-hydrogen) atoms. The zero-order chi connectivity index (χ0) is 16.8. The molecule has 1 aromatic rings. The van der Waals surface area contributed by atoms with Crippen LogP contribution in [0.2, 0.25) is 0 Å². The highest BCUT2D eigenvalue weighted by Gasteiger charge is 2.27. The fraction of sp³-hybridized carbons (Fsp3) is 0.800. The van der Waals surface area contributed by atoms with Gasteiger partial charge < -0.3 is 15.4 Å². The van der Waals surface area contributed by atoms with Crippen molar-refractivity contribution < 1.29 is 9.53 Å². The minimum Gasteiger partial charge on any atom is -0.444 e. The maximum atomic E-state index is 11.8. The molecule has 1 atom stereocenters. The van der Waals surface area contributed by atoms with Gasteiger partial charge in [0.1, 0.15) is 5.60 Å². The molecule has 7 heteroatoms. The molecule has 1 amide bonds. The van der Waals surface area contributed by atoms with E-state index in [1.807, 2.05) is 26.2 Å². The van der Waals surface area contributed by atoms with Crippen LogP contribution in [-0.4, -0.2) is 33.4 Å². The topological polar surface area (TPSA) is 76.1 Å². The molecule has 0 aromatic carbocycles. The van der Waals surface area contributed by atoms with Crippen LogP contribution in [0.25, 0.3) is 0 Å². The molecule has 0 fully saturated rings. The Hall–Kier alpha value is -1.21. The van der Waals surface area contributed by atoms with E-state index in [4.69, 9.17) is 4.74 Å². The lowest BCUT2D eigenvalue weighted by Gasteiger charge is -2.33. The van der Waals surface area contributed by atoms with Crippen LogP contribution < -0.4 is 10.6 Å². The van der Waals surface area contributed by atoms with Gasteiger partial charge in [-0.15, -0.1) is 5.10 Å². The van der Waals surface area contributed by atoms with Crippen LogP contribution in [0.3, 0.4) is 0 Å². The van der Waals surface area contributed by atoms with Crippen LogP contribution in [0.4, 0.5) is 4.79 Å². The molecule has 0 aliphatic carbocycles. The first kappa shape index (κ1) is 18.8. The summed E-state index contributed by atoms with van der Waals surface area (Å²) in [5.74, 6) is 0.506. The van der Waals surface area contributed by atoms with Crippen molar-refractivity contribution in [1.29, 1.82) is 0 Å². The predicted molar refractivity (Wildman–Crippen MR) is 88.8 cm³/mol. The Bertz CT molecular complexity index is 457. The van der Waals surface area contributed by atoms with E-state index in [0.29, 0.717) is 19.0 Å². The maximum Gasteiger partial charge on any atom is 0.407 e. The van der Waals surface area contributed by atoms with E-state index in [1.165, 1.54) is 11.5 Å². The summed E-state index contributed by atoms with van der Waals surface area (Å²) in [6.45, 7) is 13.1. The summed E-state index contributed by atoms with van der Waals surface area (Å²) in [5, 5.41) is 12.3. The summed E-state index contributed by atoms with van der Waals surface area (Å²) in [6.07, 6.45) is 0.542. The van der Waals surface area contributed by atoms with Crippen molar-refractivity contribution in [1.82, 2.24) is 20.2 Å². The molecule has 1 unspecified atom stereocenters. The van der Waals surface area contributed by atoms with Gasteiger partial charge in [-0.05, 0) is 51.6 Å². The zero-order valence-corrected chi connectivity index (χ0v) is 15.2. The fourth-order valence-electron chi connectivity index (χ4n) is 2.25. The van der Waals surface area contributed by atoms with E-state index in [9.17, 15) is 4.79 Å². The van der Waals surface area contributed by atoms with Gasteiger partial charge in [0.25, 0.3) is 0 Å². The highest BCUT2D eigenvalue weighted by atomic mass is 32.1. The van der Waals surface area contributed by atoms with Gasteiger partial charge in [-0.25, -0.2) is 4.79 Å². The Morgan fingerprint density at radius 3 is 2.55 bits per heavy atom. The highest BCUT2D eigenvalue weighted by molar-refractivity contribution is 7.03. The van der Waals surface area contributed by atoms with Crippen LogP contribution in [-0.2, 0) is 11.3 Å². The number of hydrogen-bond acceptors (Lipinski definition) is 6. The Morgan fingerprint density at radius 2 is 2.05 bits per heavy atom. The quantitative estimate of drug-likeness (QED) is 0.805. The van der Waals surface area contributed by atoms with Crippen LogP contribution in [0.1, 0.15) is 53.7 Å². The smallest absolute Gasteiger partial charge is 0.407 e. The summed E-state index contributed by atoms with van der Waals surface area (Å²) in [5.41, 5.74) is 0.199. The minimum atomic E-state index is -0.488. The van der Waals surface area contributed by atoms with Crippen molar-refractivity contribution in [3.8, 4) is 0 Å². The second-order valence-electron chi connectivity index (χ2n) is 7.26. The number of carbonyl (C=O) groups excluding carboxylic acids is 1. The highest BCUT2D eigenvalue weighted by Crippen LogP contribution is 2.17. The van der Waals surface area contributed by atoms with Crippen molar-refractivity contribution in [2.75, 3.05) is 6.54 Å². The number of alkyl carbamates (subject to hydrolysis) is 1. The standard InChI is InChI=1S/C15H28N4O2S/c1-11(2)7-15(6,17-8-12-9-22-19-18-12)10-16-13(20)21-14(3,4)5/h9,11,17H,7-8,10H2,1-6H3,(H,16,20). The molecule has 0 aliphatic heterocycles. The lowest BCUT2D eigenvalue weighted by molar-refractivity contribution is 0.0507. The Morgan fingerprint density at radius 1 is 1.36 bits per heavy atom. The first-order chi connectivity index (χ1) is 10.1. The SMILES string of the molecule is CC(C)CC(C)(CNC(=O)OC(C)(C)C)NCc1csnn1. The third kappa shape index (κ3) is 7.70. The zero-order valence-electron chi connectivity index (χ0n) is 14.4. The van der Waals surface area contributed by atoms with Crippen molar-refractivity contribution in [2.45, 2.75) is 65.6 Å². The van der Waals surface area contributed by atoms with Crippen LogP contribution in [0, 0.1) is 5.92 Å². The third-order valence-electron chi connectivity index (χ3n) is 2.98. The molecule has 0 saturated heterocycles. The van der Waals surface area contributed by atoms with Crippen molar-refractivity contribution in [3.63, 3.8) is 0 Å². The second kappa shape index (κ2) is 7.87. The number of rotatable bonds is 7. The van der Waals surface area contributed by atoms with E-state index in [-0.39, 0.29) is 11.6 Å². The van der Waals surface area contributed by atoms with E-state index >= 15 is 0 Å². The minimum absolute atomic E-state index is 0.227. The van der Waals surface area contributed by atoms with E-state index in [0.717, 1.165) is 12.1 Å². The molecule has 0 radical (unpaired) electrons. The van der Waals surface area contributed by atoms with Crippen molar-refractivity contribution >= 4 is 17.6 Å². The number of ether oxygens (including phenoxy) is 1. The first-order valence-corrected chi connectivity index (χ1v) is 8.41. The number of amides is 1. The average molecular weight is 328 g/mol. The van der Waals surface area contributed by atoms with Gasteiger partial charge in [0.2, 0.25) is 0 Å². The third-order valence-corrected chi connectivity index (χ3v) is 3.54. The summed E-state index contributed by atoms with van der Waals surface area (Å²) in [7, 11) is 0. The van der Waals surface area contributed by atoms with E-state index < -0.39 is 5.60 Å². The summed E-state index contributed by atoms with van der Waals surface area (Å²) >= 11 is 1.34. The van der Waals surface area contributed by atoms with Crippen molar-refractivity contribution in [3.05, 3.63) is 11.1 Å². The first-order valence-electron chi connectivity index (χ1n) is 7.57. The Balaban J connectivity index is 2.56. The molecular formula is C15H28N4O2S. The second-order valence-corrected chi connectivity index (χ2v) is 7.87. The lowest BCUT2D eigenvalue weighted by atomic mass is 9.90. The van der Waals surface area contributed by atoms with E-state index in [2.05, 4.69) is 41.0 Å². The van der Waals surface area contributed by atoms with Gasteiger partial charge in [0.05, 0.1) is 5.69 Å². The summed E-state index contributed by atoms with van der Waals surface area (Å²) < 4.78 is 9.15. The number of carbonyl (C=O) groups is 1. The molecule has 0 saturated carbocycles. The molecule has 0 bridgehead atoms. The van der Waals surface area contributed by atoms with Gasteiger partial charge in [0.15, 0.2) is 0 Å². The number of aromatic nitrogens is 2. The fourth-order valence-corrected chi connectivity index (χ4v) is 2.71. The molecular weight excluding hydrogens is 300 g/mol. The van der Waals surface area contributed by atoms with Gasteiger partial charge in [0, 0.05) is 24.0 Å². The van der Waals surface area contributed by atoms with Gasteiger partial charge >= 0.3 is 6.09 Å². The summed E-state index contributed by atoms with van der Waals surface area (Å²) in [4.78, 5) is 11.8. The van der Waals surface area contributed by atoms with Gasteiger partial charge in [-0.1, -0.05) is 18.3 Å². The van der Waals surface area contributed by atoms with Gasteiger partial charge in [-0.3, -0.25) is 0 Å². The van der Waals surface area contributed by atoms with Crippen LogP contribution in [0.5, 0.6) is 0 Å². The number of nitrogens with zero attached hydrogens (tertiary/aromatic N) is 2. The Kier molecular flexibility index (Phi) is 6.74. The molecule has 0 aliphatic rings. The molecule has 1 rings (SSSR count). The van der Waals surface area contributed by atoms with Gasteiger partial charge in [-0.2, -0.15) is 0 Å². The molecule has 2 N–H and O–H groups in total.